The summed E-state index contributed by atoms with van der Waals surface area (Å²) < 4.78 is 4.58. The second-order valence-corrected chi connectivity index (χ2v) is 5.89. The number of phenolic OH excluding ortho intramolecular Hbond substituents is 1. The summed E-state index contributed by atoms with van der Waals surface area (Å²) in [5.41, 5.74) is 1.35. The van der Waals surface area contributed by atoms with E-state index in [1.54, 1.807) is 6.07 Å². The van der Waals surface area contributed by atoms with Crippen molar-refractivity contribution in [1.82, 2.24) is 0 Å². The second-order valence-electron chi connectivity index (χ2n) is 4.84. The van der Waals surface area contributed by atoms with Crippen molar-refractivity contribution < 1.29 is 19.4 Å². The van der Waals surface area contributed by atoms with E-state index in [2.05, 4.69) is 10.1 Å². The highest BCUT2D eigenvalue weighted by Crippen LogP contribution is 2.28. The predicted octanol–water partition coefficient (Wildman–Crippen LogP) is 3.22. The Kier molecular flexibility index (Phi) is 5.65. The molecule has 0 radical (unpaired) electrons. The standard InChI is InChI=1S/C17H17NO4S/c1-11-6-8-12(9-7-11)23-10-15(19)18-14-5-3-4-13(16(14)20)17(21)22-2/h3-9,20H,10H2,1-2H3,(H,18,19). The molecule has 6 heteroatoms. The molecule has 0 unspecified atom stereocenters. The van der Waals surface area contributed by atoms with Crippen molar-refractivity contribution >= 4 is 29.3 Å². The van der Waals surface area contributed by atoms with Crippen molar-refractivity contribution in [3.8, 4) is 5.75 Å². The first-order valence-electron chi connectivity index (χ1n) is 6.91. The van der Waals surface area contributed by atoms with Gasteiger partial charge >= 0.3 is 5.97 Å². The van der Waals surface area contributed by atoms with Gasteiger partial charge in [-0.25, -0.2) is 4.79 Å². The summed E-state index contributed by atoms with van der Waals surface area (Å²) in [4.78, 5) is 24.5. The maximum absolute atomic E-state index is 12.0. The van der Waals surface area contributed by atoms with Gasteiger partial charge < -0.3 is 15.2 Å². The number of rotatable bonds is 5. The van der Waals surface area contributed by atoms with E-state index in [-0.39, 0.29) is 28.7 Å². The van der Waals surface area contributed by atoms with E-state index in [1.807, 2.05) is 31.2 Å². The molecule has 23 heavy (non-hydrogen) atoms. The number of carbonyl (C=O) groups excluding carboxylic acids is 2. The number of hydrogen-bond donors (Lipinski definition) is 2. The Balaban J connectivity index is 2.00. The van der Waals surface area contributed by atoms with Crippen LogP contribution in [0.1, 0.15) is 15.9 Å². The smallest absolute Gasteiger partial charge is 0.341 e. The number of hydrogen-bond acceptors (Lipinski definition) is 5. The lowest BCUT2D eigenvalue weighted by molar-refractivity contribution is -0.113. The molecule has 2 aromatic rings. The fourth-order valence-electron chi connectivity index (χ4n) is 1.89. The Hall–Kier alpha value is -2.47. The van der Waals surface area contributed by atoms with Gasteiger partial charge in [0.25, 0.3) is 0 Å². The summed E-state index contributed by atoms with van der Waals surface area (Å²) in [6, 6.07) is 12.4. The fourth-order valence-corrected chi connectivity index (χ4v) is 2.59. The highest BCUT2D eigenvalue weighted by Gasteiger charge is 2.16. The van der Waals surface area contributed by atoms with Crippen molar-refractivity contribution in [3.05, 3.63) is 53.6 Å². The van der Waals surface area contributed by atoms with Gasteiger partial charge in [0.15, 0.2) is 5.75 Å². The third kappa shape index (κ3) is 4.50. The van der Waals surface area contributed by atoms with Gasteiger partial charge in [-0.2, -0.15) is 0 Å². The van der Waals surface area contributed by atoms with E-state index < -0.39 is 5.97 Å². The monoisotopic (exact) mass is 331 g/mol. The lowest BCUT2D eigenvalue weighted by atomic mass is 10.1. The summed E-state index contributed by atoms with van der Waals surface area (Å²) in [7, 11) is 1.23. The third-order valence-corrected chi connectivity index (χ3v) is 4.12. The molecule has 5 nitrogen and oxygen atoms in total. The first-order valence-corrected chi connectivity index (χ1v) is 7.89. The van der Waals surface area contributed by atoms with Gasteiger partial charge in [-0.15, -0.1) is 11.8 Å². The molecule has 0 aliphatic heterocycles. The minimum atomic E-state index is -0.660. The molecule has 0 saturated carbocycles. The van der Waals surface area contributed by atoms with Crippen LogP contribution in [0.5, 0.6) is 5.75 Å². The van der Waals surface area contributed by atoms with Crippen molar-refractivity contribution in [2.24, 2.45) is 0 Å². The molecular formula is C17H17NO4S. The average molecular weight is 331 g/mol. The fraction of sp³-hybridized carbons (Fsp3) is 0.176. The number of carbonyl (C=O) groups is 2. The van der Waals surface area contributed by atoms with Crippen LogP contribution in [0.15, 0.2) is 47.4 Å². The van der Waals surface area contributed by atoms with Gasteiger partial charge in [-0.1, -0.05) is 23.8 Å². The Morgan fingerprint density at radius 2 is 1.87 bits per heavy atom. The molecule has 0 spiro atoms. The molecule has 0 saturated heterocycles. The average Bonchev–Trinajstić information content (AvgIpc) is 2.55. The molecule has 2 aromatic carbocycles. The molecule has 0 fully saturated rings. The zero-order valence-electron chi connectivity index (χ0n) is 12.8. The number of methoxy groups -OCH3 is 1. The van der Waals surface area contributed by atoms with Crippen molar-refractivity contribution in [2.75, 3.05) is 18.2 Å². The van der Waals surface area contributed by atoms with Gasteiger partial charge in [0.2, 0.25) is 5.91 Å². The number of nitrogens with one attached hydrogen (secondary N) is 1. The number of anilines is 1. The zero-order chi connectivity index (χ0) is 16.8. The molecule has 0 aliphatic carbocycles. The Bertz CT molecular complexity index is 713. The van der Waals surface area contributed by atoms with Crippen LogP contribution in [0.2, 0.25) is 0 Å². The summed E-state index contributed by atoms with van der Waals surface area (Å²) in [5.74, 6) is -1.03. The van der Waals surface area contributed by atoms with Crippen LogP contribution in [0.4, 0.5) is 5.69 Å². The highest BCUT2D eigenvalue weighted by molar-refractivity contribution is 8.00. The Morgan fingerprint density at radius 1 is 1.17 bits per heavy atom. The van der Waals surface area contributed by atoms with Gasteiger partial charge in [0, 0.05) is 4.90 Å². The molecule has 0 atom stereocenters. The minimum absolute atomic E-state index is 0.0106. The van der Waals surface area contributed by atoms with E-state index in [0.29, 0.717) is 0 Å². The van der Waals surface area contributed by atoms with Gasteiger partial charge in [0.1, 0.15) is 5.56 Å². The number of thioether (sulfide) groups is 1. The van der Waals surface area contributed by atoms with Crippen LogP contribution in [-0.4, -0.2) is 29.8 Å². The van der Waals surface area contributed by atoms with Gasteiger partial charge in [-0.05, 0) is 31.2 Å². The number of aryl methyl sites for hydroxylation is 1. The van der Waals surface area contributed by atoms with E-state index >= 15 is 0 Å². The largest absolute Gasteiger partial charge is 0.505 e. The van der Waals surface area contributed by atoms with Crippen LogP contribution in [0.3, 0.4) is 0 Å². The lowest BCUT2D eigenvalue weighted by Gasteiger charge is -2.10. The minimum Gasteiger partial charge on any atom is -0.505 e. The molecule has 2 rings (SSSR count). The Labute approximate surface area is 138 Å². The molecule has 0 aromatic heterocycles. The number of ether oxygens (including phenoxy) is 1. The van der Waals surface area contributed by atoms with Crippen LogP contribution in [0.25, 0.3) is 0 Å². The topological polar surface area (TPSA) is 75.6 Å². The quantitative estimate of drug-likeness (QED) is 0.500. The van der Waals surface area contributed by atoms with E-state index in [0.717, 1.165) is 10.5 Å². The van der Waals surface area contributed by atoms with Crippen molar-refractivity contribution in [1.29, 1.82) is 0 Å². The van der Waals surface area contributed by atoms with Gasteiger partial charge in [0.05, 0.1) is 18.6 Å². The first-order chi connectivity index (χ1) is 11.0. The van der Waals surface area contributed by atoms with Crippen LogP contribution in [-0.2, 0) is 9.53 Å². The number of phenols is 1. The molecular weight excluding hydrogens is 314 g/mol. The second kappa shape index (κ2) is 7.69. The molecule has 1 amide bonds. The summed E-state index contributed by atoms with van der Waals surface area (Å²) >= 11 is 1.39. The number of para-hydroxylation sites is 1. The van der Waals surface area contributed by atoms with E-state index in [4.69, 9.17) is 0 Å². The summed E-state index contributed by atoms with van der Waals surface area (Å²) in [6.07, 6.45) is 0. The number of esters is 1. The predicted molar refractivity (Wildman–Crippen MR) is 90.0 cm³/mol. The normalized spacial score (nSPS) is 10.2. The number of benzene rings is 2. The molecule has 2 N–H and O–H groups in total. The van der Waals surface area contributed by atoms with Crippen molar-refractivity contribution in [3.63, 3.8) is 0 Å². The van der Waals surface area contributed by atoms with Crippen LogP contribution >= 0.6 is 11.8 Å². The summed E-state index contributed by atoms with van der Waals surface area (Å²) in [5, 5.41) is 12.6. The molecule has 120 valence electrons. The van der Waals surface area contributed by atoms with Crippen molar-refractivity contribution in [2.45, 2.75) is 11.8 Å². The summed E-state index contributed by atoms with van der Waals surface area (Å²) in [6.45, 7) is 2.00. The molecule has 0 bridgehead atoms. The SMILES string of the molecule is COC(=O)c1cccc(NC(=O)CSc2ccc(C)cc2)c1O. The van der Waals surface area contributed by atoms with Crippen LogP contribution < -0.4 is 5.32 Å². The maximum atomic E-state index is 12.0. The van der Waals surface area contributed by atoms with E-state index in [1.165, 1.54) is 31.0 Å². The Morgan fingerprint density at radius 3 is 2.52 bits per heavy atom. The lowest BCUT2D eigenvalue weighted by Crippen LogP contribution is -2.15. The maximum Gasteiger partial charge on any atom is 0.341 e. The number of aromatic hydroxyl groups is 1. The third-order valence-electron chi connectivity index (χ3n) is 3.11. The molecule has 0 aliphatic rings. The molecule has 0 heterocycles. The van der Waals surface area contributed by atoms with Crippen LogP contribution in [0, 0.1) is 6.92 Å². The van der Waals surface area contributed by atoms with Gasteiger partial charge in [-0.3, -0.25) is 4.79 Å². The zero-order valence-corrected chi connectivity index (χ0v) is 13.6. The van der Waals surface area contributed by atoms with E-state index in [9.17, 15) is 14.7 Å². The first kappa shape index (κ1) is 16.9. The number of amides is 1. The highest BCUT2D eigenvalue weighted by atomic mass is 32.2.